The van der Waals surface area contributed by atoms with Gasteiger partial charge in [-0.3, -0.25) is 0 Å². The Kier molecular flexibility index (Phi) is 3.78. The molecule has 1 aromatic rings. The van der Waals surface area contributed by atoms with Crippen LogP contribution in [0.5, 0.6) is 0 Å². The predicted molar refractivity (Wildman–Crippen MR) is 67.8 cm³/mol. The summed E-state index contributed by atoms with van der Waals surface area (Å²) in [7, 11) is 0. The van der Waals surface area contributed by atoms with Gasteiger partial charge in [0, 0.05) is 25.3 Å². The topological polar surface area (TPSA) is 75.3 Å². The van der Waals surface area contributed by atoms with Crippen molar-refractivity contribution in [2.75, 3.05) is 30.3 Å². The van der Waals surface area contributed by atoms with E-state index in [0.717, 1.165) is 43.7 Å². The molecule has 1 aliphatic rings. The number of rotatable bonds is 4. The zero-order valence-electron chi connectivity index (χ0n) is 10.3. The first-order chi connectivity index (χ1) is 8.26. The fraction of sp³-hybridized carbons (Fsp3) is 0.667. The van der Waals surface area contributed by atoms with Crippen LogP contribution in [0.25, 0.3) is 0 Å². The SMILES string of the molecule is CCc1c(N)ncnc1N1CCC(CCO)C1. The minimum absolute atomic E-state index is 0.269. The average molecular weight is 236 g/mol. The maximum absolute atomic E-state index is 8.96. The monoisotopic (exact) mass is 236 g/mol. The first kappa shape index (κ1) is 12.1. The van der Waals surface area contributed by atoms with E-state index in [2.05, 4.69) is 21.8 Å². The number of nitrogens with two attached hydrogens (primary N) is 1. The Hall–Kier alpha value is -1.36. The first-order valence-electron chi connectivity index (χ1n) is 6.21. The summed E-state index contributed by atoms with van der Waals surface area (Å²) in [5, 5.41) is 8.96. The molecule has 0 aromatic carbocycles. The lowest BCUT2D eigenvalue weighted by molar-refractivity contribution is 0.263. The Morgan fingerprint density at radius 2 is 2.35 bits per heavy atom. The number of aliphatic hydroxyl groups excluding tert-OH is 1. The highest BCUT2D eigenvalue weighted by Gasteiger charge is 2.25. The lowest BCUT2D eigenvalue weighted by atomic mass is 10.1. The van der Waals surface area contributed by atoms with Gasteiger partial charge in [0.2, 0.25) is 0 Å². The molecule has 1 unspecified atom stereocenters. The Balaban J connectivity index is 2.15. The van der Waals surface area contributed by atoms with E-state index < -0.39 is 0 Å². The van der Waals surface area contributed by atoms with Crippen LogP contribution in [-0.4, -0.2) is 34.8 Å². The van der Waals surface area contributed by atoms with Crippen molar-refractivity contribution in [3.63, 3.8) is 0 Å². The molecule has 1 atom stereocenters. The minimum atomic E-state index is 0.269. The minimum Gasteiger partial charge on any atom is -0.396 e. The van der Waals surface area contributed by atoms with Crippen LogP contribution in [0.4, 0.5) is 11.6 Å². The van der Waals surface area contributed by atoms with Crippen LogP contribution in [0.3, 0.4) is 0 Å². The molecule has 17 heavy (non-hydrogen) atoms. The van der Waals surface area contributed by atoms with Gasteiger partial charge in [0.05, 0.1) is 0 Å². The molecule has 5 heteroatoms. The highest BCUT2D eigenvalue weighted by molar-refractivity contribution is 5.57. The molecule has 0 aliphatic carbocycles. The number of anilines is 2. The summed E-state index contributed by atoms with van der Waals surface area (Å²) in [4.78, 5) is 10.7. The van der Waals surface area contributed by atoms with E-state index in [4.69, 9.17) is 10.8 Å². The summed E-state index contributed by atoms with van der Waals surface area (Å²) in [6.07, 6.45) is 4.37. The van der Waals surface area contributed by atoms with Gasteiger partial charge in [-0.2, -0.15) is 0 Å². The van der Waals surface area contributed by atoms with Gasteiger partial charge in [0.15, 0.2) is 0 Å². The molecule has 0 amide bonds. The van der Waals surface area contributed by atoms with Gasteiger partial charge in [-0.15, -0.1) is 0 Å². The van der Waals surface area contributed by atoms with Crippen molar-refractivity contribution in [2.45, 2.75) is 26.2 Å². The Morgan fingerprint density at radius 3 is 3.06 bits per heavy atom. The number of hydrogen-bond donors (Lipinski definition) is 2. The number of aliphatic hydroxyl groups is 1. The summed E-state index contributed by atoms with van der Waals surface area (Å²) in [6, 6.07) is 0. The Labute approximate surface area is 102 Å². The van der Waals surface area contributed by atoms with E-state index in [1.807, 2.05) is 0 Å². The fourth-order valence-electron chi connectivity index (χ4n) is 2.47. The molecule has 0 radical (unpaired) electrons. The van der Waals surface area contributed by atoms with Gasteiger partial charge < -0.3 is 15.7 Å². The van der Waals surface area contributed by atoms with Gasteiger partial charge >= 0.3 is 0 Å². The van der Waals surface area contributed by atoms with Crippen molar-refractivity contribution in [1.29, 1.82) is 0 Å². The molecular formula is C12H20N4O. The highest BCUT2D eigenvalue weighted by atomic mass is 16.3. The first-order valence-corrected chi connectivity index (χ1v) is 6.21. The molecule has 1 aromatic heterocycles. The summed E-state index contributed by atoms with van der Waals surface area (Å²) in [6.45, 7) is 4.29. The molecule has 2 rings (SSSR count). The standard InChI is InChI=1S/C12H20N4O/c1-2-10-11(13)14-8-15-12(10)16-5-3-9(7-16)4-6-17/h8-9,17H,2-7H2,1H3,(H2,13,14,15). The number of nitrogen functional groups attached to an aromatic ring is 1. The average Bonchev–Trinajstić information content (AvgIpc) is 2.78. The van der Waals surface area contributed by atoms with E-state index in [-0.39, 0.29) is 6.61 Å². The molecule has 5 nitrogen and oxygen atoms in total. The molecule has 1 saturated heterocycles. The third-order valence-electron chi connectivity index (χ3n) is 3.43. The molecule has 0 saturated carbocycles. The highest BCUT2D eigenvalue weighted by Crippen LogP contribution is 2.28. The van der Waals surface area contributed by atoms with Crippen molar-refractivity contribution in [2.24, 2.45) is 5.92 Å². The largest absolute Gasteiger partial charge is 0.396 e. The molecular weight excluding hydrogens is 216 g/mol. The molecule has 1 fully saturated rings. The third-order valence-corrected chi connectivity index (χ3v) is 3.43. The number of nitrogens with zero attached hydrogens (tertiary/aromatic N) is 3. The fourth-order valence-corrected chi connectivity index (χ4v) is 2.47. The molecule has 0 bridgehead atoms. The van der Waals surface area contributed by atoms with Crippen molar-refractivity contribution < 1.29 is 5.11 Å². The molecule has 0 spiro atoms. The summed E-state index contributed by atoms with van der Waals surface area (Å²) < 4.78 is 0. The van der Waals surface area contributed by atoms with Gasteiger partial charge in [0.1, 0.15) is 18.0 Å². The normalized spacial score (nSPS) is 19.9. The molecule has 3 N–H and O–H groups in total. The van der Waals surface area contributed by atoms with E-state index >= 15 is 0 Å². The van der Waals surface area contributed by atoms with Gasteiger partial charge in [-0.05, 0) is 25.2 Å². The van der Waals surface area contributed by atoms with Crippen LogP contribution in [0, 0.1) is 5.92 Å². The van der Waals surface area contributed by atoms with Crippen LogP contribution in [0.2, 0.25) is 0 Å². The molecule has 2 heterocycles. The second-order valence-corrected chi connectivity index (χ2v) is 4.53. The quantitative estimate of drug-likeness (QED) is 0.810. The maximum Gasteiger partial charge on any atom is 0.137 e. The van der Waals surface area contributed by atoms with Crippen LogP contribution in [-0.2, 0) is 6.42 Å². The smallest absolute Gasteiger partial charge is 0.137 e. The number of aromatic nitrogens is 2. The van der Waals surface area contributed by atoms with E-state index in [1.165, 1.54) is 6.33 Å². The van der Waals surface area contributed by atoms with Crippen LogP contribution < -0.4 is 10.6 Å². The van der Waals surface area contributed by atoms with Crippen molar-refractivity contribution in [1.82, 2.24) is 9.97 Å². The Morgan fingerprint density at radius 1 is 1.53 bits per heavy atom. The maximum atomic E-state index is 8.96. The summed E-state index contributed by atoms with van der Waals surface area (Å²) in [5.41, 5.74) is 6.91. The summed E-state index contributed by atoms with van der Waals surface area (Å²) in [5.74, 6) is 2.13. The zero-order valence-corrected chi connectivity index (χ0v) is 10.3. The second kappa shape index (κ2) is 5.31. The third kappa shape index (κ3) is 2.49. The van der Waals surface area contributed by atoms with Crippen LogP contribution in [0.15, 0.2) is 6.33 Å². The lowest BCUT2D eigenvalue weighted by Gasteiger charge is -2.20. The van der Waals surface area contributed by atoms with Crippen molar-refractivity contribution in [3.8, 4) is 0 Å². The second-order valence-electron chi connectivity index (χ2n) is 4.53. The van der Waals surface area contributed by atoms with Gasteiger partial charge in [-0.1, -0.05) is 6.92 Å². The van der Waals surface area contributed by atoms with Crippen molar-refractivity contribution >= 4 is 11.6 Å². The summed E-state index contributed by atoms with van der Waals surface area (Å²) >= 11 is 0. The van der Waals surface area contributed by atoms with Gasteiger partial charge in [0.25, 0.3) is 0 Å². The van der Waals surface area contributed by atoms with E-state index in [1.54, 1.807) is 0 Å². The Bertz CT molecular complexity index is 383. The van der Waals surface area contributed by atoms with E-state index in [9.17, 15) is 0 Å². The van der Waals surface area contributed by atoms with Gasteiger partial charge in [-0.25, -0.2) is 9.97 Å². The van der Waals surface area contributed by atoms with E-state index in [0.29, 0.717) is 11.7 Å². The van der Waals surface area contributed by atoms with Crippen molar-refractivity contribution in [3.05, 3.63) is 11.9 Å². The number of hydrogen-bond acceptors (Lipinski definition) is 5. The predicted octanol–water partition coefficient (Wildman–Crippen LogP) is 0.830. The lowest BCUT2D eigenvalue weighted by Crippen LogP contribution is -2.23. The molecule has 1 aliphatic heterocycles. The molecule has 94 valence electrons. The van der Waals surface area contributed by atoms with Crippen LogP contribution >= 0.6 is 0 Å². The zero-order chi connectivity index (χ0) is 12.3. The van der Waals surface area contributed by atoms with Crippen LogP contribution in [0.1, 0.15) is 25.3 Å².